The lowest BCUT2D eigenvalue weighted by molar-refractivity contribution is 0.155. The summed E-state index contributed by atoms with van der Waals surface area (Å²) in [5.41, 5.74) is 2.61. The lowest BCUT2D eigenvalue weighted by Crippen LogP contribution is -2.52. The van der Waals surface area contributed by atoms with E-state index in [1.807, 2.05) is 42.5 Å². The van der Waals surface area contributed by atoms with E-state index in [9.17, 15) is 13.2 Å². The van der Waals surface area contributed by atoms with Crippen molar-refractivity contribution in [2.24, 2.45) is 0 Å². The van der Waals surface area contributed by atoms with Crippen molar-refractivity contribution in [2.45, 2.75) is 19.1 Å². The number of ether oxygens (including phenoxy) is 1. The van der Waals surface area contributed by atoms with Crippen LogP contribution >= 0.6 is 0 Å². The van der Waals surface area contributed by atoms with Gasteiger partial charge in [-0.1, -0.05) is 36.4 Å². The smallest absolute Gasteiger partial charge is 0.334 e. The normalized spacial score (nSPS) is 21.0. The lowest BCUT2D eigenvalue weighted by atomic mass is 10.1. The average molecular weight is 358 g/mol. The zero-order valence-corrected chi connectivity index (χ0v) is 14.6. The van der Waals surface area contributed by atoms with Gasteiger partial charge >= 0.3 is 6.03 Å². The van der Waals surface area contributed by atoms with Crippen molar-refractivity contribution in [3.8, 4) is 5.75 Å². The van der Waals surface area contributed by atoms with E-state index in [1.54, 1.807) is 18.1 Å². The molecule has 0 aromatic heterocycles. The Balaban J connectivity index is 1.67. The van der Waals surface area contributed by atoms with Gasteiger partial charge in [0.15, 0.2) is 0 Å². The van der Waals surface area contributed by atoms with Crippen LogP contribution in [0.3, 0.4) is 0 Å². The Bertz CT molecular complexity index is 927. The van der Waals surface area contributed by atoms with Crippen LogP contribution in [0.2, 0.25) is 0 Å². The summed E-state index contributed by atoms with van der Waals surface area (Å²) in [5, 5.41) is 0. The highest BCUT2D eigenvalue weighted by Gasteiger charge is 2.47. The maximum atomic E-state index is 12.9. The zero-order valence-electron chi connectivity index (χ0n) is 13.8. The Labute approximate surface area is 146 Å². The molecule has 0 radical (unpaired) electrons. The first-order valence-corrected chi connectivity index (χ1v) is 9.62. The van der Waals surface area contributed by atoms with Crippen molar-refractivity contribution in [1.29, 1.82) is 0 Å². The van der Waals surface area contributed by atoms with Crippen LogP contribution in [0.25, 0.3) is 0 Å². The van der Waals surface area contributed by atoms with E-state index in [0.717, 1.165) is 21.0 Å². The molecule has 1 atom stereocenters. The number of benzene rings is 2. The number of rotatable bonds is 3. The van der Waals surface area contributed by atoms with E-state index in [2.05, 4.69) is 0 Å². The van der Waals surface area contributed by atoms with E-state index >= 15 is 0 Å². The number of carbonyl (C=O) groups is 1. The largest absolute Gasteiger partial charge is 0.497 e. The van der Waals surface area contributed by atoms with Crippen molar-refractivity contribution in [3.63, 3.8) is 0 Å². The molecule has 0 spiro atoms. The van der Waals surface area contributed by atoms with Crippen LogP contribution < -0.4 is 4.74 Å². The number of nitrogens with zero attached hydrogens (tertiary/aromatic N) is 2. The second-order valence-corrected chi connectivity index (χ2v) is 8.20. The Morgan fingerprint density at radius 3 is 2.64 bits per heavy atom. The Morgan fingerprint density at radius 2 is 1.92 bits per heavy atom. The fourth-order valence-electron chi connectivity index (χ4n) is 3.48. The molecule has 0 N–H and O–H groups in total. The summed E-state index contributed by atoms with van der Waals surface area (Å²) in [6.45, 7) is 0.460. The topological polar surface area (TPSA) is 66.9 Å². The summed E-state index contributed by atoms with van der Waals surface area (Å²) < 4.78 is 31.7. The third-order valence-corrected chi connectivity index (χ3v) is 6.45. The summed E-state index contributed by atoms with van der Waals surface area (Å²) in [6.07, 6.45) is 0. The Morgan fingerprint density at radius 1 is 1.16 bits per heavy atom. The molecule has 7 heteroatoms. The minimum Gasteiger partial charge on any atom is -0.497 e. The summed E-state index contributed by atoms with van der Waals surface area (Å²) >= 11 is 0. The molecular formula is C18H18N2O4S. The third-order valence-electron chi connectivity index (χ3n) is 4.76. The Kier molecular flexibility index (Phi) is 3.68. The molecule has 1 unspecified atom stereocenters. The molecule has 2 aromatic rings. The van der Waals surface area contributed by atoms with E-state index < -0.39 is 22.1 Å². The SMILES string of the molecule is COc1ccc2c(c1)CN1C(=O)N(Cc3ccccc3)S(=O)(=O)CC21. The summed E-state index contributed by atoms with van der Waals surface area (Å²) in [6, 6.07) is 13.8. The molecule has 2 aromatic carbocycles. The van der Waals surface area contributed by atoms with Crippen molar-refractivity contribution >= 4 is 16.1 Å². The van der Waals surface area contributed by atoms with Crippen LogP contribution in [0.5, 0.6) is 5.75 Å². The number of fused-ring (bicyclic) bond motifs is 3. The maximum Gasteiger partial charge on any atom is 0.334 e. The van der Waals surface area contributed by atoms with Crippen molar-refractivity contribution < 1.29 is 17.9 Å². The number of methoxy groups -OCH3 is 1. The van der Waals surface area contributed by atoms with Crippen LogP contribution in [0.4, 0.5) is 4.79 Å². The molecule has 2 aliphatic rings. The monoisotopic (exact) mass is 358 g/mol. The highest BCUT2D eigenvalue weighted by Crippen LogP contribution is 2.40. The van der Waals surface area contributed by atoms with Crippen LogP contribution in [0.1, 0.15) is 22.7 Å². The molecule has 130 valence electrons. The molecule has 2 heterocycles. The fourth-order valence-corrected chi connectivity index (χ4v) is 5.11. The van der Waals surface area contributed by atoms with Gasteiger partial charge in [0.05, 0.1) is 25.4 Å². The zero-order chi connectivity index (χ0) is 17.6. The van der Waals surface area contributed by atoms with Crippen molar-refractivity contribution in [1.82, 2.24) is 9.21 Å². The second kappa shape index (κ2) is 5.77. The van der Waals surface area contributed by atoms with Crippen LogP contribution in [-0.2, 0) is 23.1 Å². The molecule has 1 saturated heterocycles. The lowest BCUT2D eigenvalue weighted by Gasteiger charge is -2.37. The number of hydrogen-bond acceptors (Lipinski definition) is 4. The van der Waals surface area contributed by atoms with E-state index in [0.29, 0.717) is 12.3 Å². The molecule has 1 fully saturated rings. The second-order valence-electron chi connectivity index (χ2n) is 6.26. The van der Waals surface area contributed by atoms with Gasteiger partial charge in [-0.3, -0.25) is 0 Å². The van der Waals surface area contributed by atoms with Gasteiger partial charge in [0, 0.05) is 6.54 Å². The fraction of sp³-hybridized carbons (Fsp3) is 0.278. The minimum absolute atomic E-state index is 0.0604. The number of sulfonamides is 1. The number of hydrogen-bond donors (Lipinski definition) is 0. The summed E-state index contributed by atoms with van der Waals surface area (Å²) in [5.74, 6) is 0.611. The highest BCUT2D eigenvalue weighted by molar-refractivity contribution is 7.89. The van der Waals surface area contributed by atoms with Gasteiger partial charge in [-0.15, -0.1) is 0 Å². The van der Waals surface area contributed by atoms with Gasteiger partial charge < -0.3 is 9.64 Å². The van der Waals surface area contributed by atoms with Gasteiger partial charge in [0.1, 0.15) is 5.75 Å². The number of amides is 2. The third kappa shape index (κ3) is 2.64. The van der Waals surface area contributed by atoms with Crippen molar-refractivity contribution in [3.05, 3.63) is 65.2 Å². The van der Waals surface area contributed by atoms with Gasteiger partial charge in [-0.25, -0.2) is 17.5 Å². The molecule has 0 bridgehead atoms. The first-order chi connectivity index (χ1) is 12.0. The maximum absolute atomic E-state index is 12.9. The van der Waals surface area contributed by atoms with E-state index in [1.165, 1.54) is 0 Å². The van der Waals surface area contributed by atoms with Crippen molar-refractivity contribution in [2.75, 3.05) is 12.9 Å². The van der Waals surface area contributed by atoms with Crippen LogP contribution in [0, 0.1) is 0 Å². The van der Waals surface area contributed by atoms with Gasteiger partial charge in [-0.2, -0.15) is 0 Å². The highest BCUT2D eigenvalue weighted by atomic mass is 32.2. The molecule has 2 amide bonds. The molecule has 2 aliphatic heterocycles. The molecule has 25 heavy (non-hydrogen) atoms. The molecule has 4 rings (SSSR count). The van der Waals surface area contributed by atoms with E-state index in [-0.39, 0.29) is 12.3 Å². The number of carbonyl (C=O) groups excluding carboxylic acids is 1. The van der Waals surface area contributed by atoms with Crippen LogP contribution in [0.15, 0.2) is 48.5 Å². The molecule has 6 nitrogen and oxygen atoms in total. The quantitative estimate of drug-likeness (QED) is 0.846. The first-order valence-electron chi connectivity index (χ1n) is 8.01. The number of urea groups is 1. The Hall–Kier alpha value is -2.54. The predicted octanol–water partition coefficient (Wildman–Crippen LogP) is 2.52. The molecule has 0 aliphatic carbocycles. The summed E-state index contributed by atoms with van der Waals surface area (Å²) in [4.78, 5) is 14.5. The predicted molar refractivity (Wildman–Crippen MR) is 92.4 cm³/mol. The minimum atomic E-state index is -3.67. The standard InChI is InChI=1S/C18H18N2O4S/c1-24-15-7-8-16-14(9-15)11-19-17(16)12-25(22,23)20(18(19)21)10-13-5-3-2-4-6-13/h2-9,17H,10-12H2,1H3. The summed E-state index contributed by atoms with van der Waals surface area (Å²) in [7, 11) is -2.09. The average Bonchev–Trinajstić information content (AvgIpc) is 2.96. The van der Waals surface area contributed by atoms with E-state index in [4.69, 9.17) is 4.74 Å². The molecule has 0 saturated carbocycles. The molecular weight excluding hydrogens is 340 g/mol. The van der Waals surface area contributed by atoms with Crippen LogP contribution in [-0.4, -0.2) is 36.5 Å². The van der Waals surface area contributed by atoms with Gasteiger partial charge in [0.2, 0.25) is 10.0 Å². The first kappa shape index (κ1) is 16.0. The van der Waals surface area contributed by atoms with Gasteiger partial charge in [-0.05, 0) is 28.8 Å². The van der Waals surface area contributed by atoms with Gasteiger partial charge in [0.25, 0.3) is 0 Å².